The van der Waals surface area contributed by atoms with E-state index in [4.69, 9.17) is 0 Å². The number of carbonyl (C=O) groups is 2. The van der Waals surface area contributed by atoms with Crippen molar-refractivity contribution >= 4 is 11.8 Å². The van der Waals surface area contributed by atoms with Crippen molar-refractivity contribution in [2.75, 3.05) is 6.54 Å². The third-order valence-electron chi connectivity index (χ3n) is 4.36. The number of amides is 2. The molecule has 0 bridgehead atoms. The second-order valence-electron chi connectivity index (χ2n) is 6.44. The van der Waals surface area contributed by atoms with Gasteiger partial charge >= 0.3 is 5.69 Å². The number of aromatic amines is 1. The fraction of sp³-hybridized carbons (Fsp3) is 0.389. The molecule has 1 atom stereocenters. The number of nitrogens with one attached hydrogen (secondary N) is 3. The number of nitrogens with zero attached hydrogens (tertiary/aromatic N) is 1. The van der Waals surface area contributed by atoms with E-state index in [1.165, 1.54) is 0 Å². The highest BCUT2D eigenvalue weighted by molar-refractivity contribution is 5.87. The summed E-state index contributed by atoms with van der Waals surface area (Å²) < 4.78 is 1.58. The van der Waals surface area contributed by atoms with Crippen LogP contribution in [0.3, 0.4) is 0 Å². The fourth-order valence-corrected chi connectivity index (χ4v) is 2.72. The molecule has 1 heterocycles. The zero-order chi connectivity index (χ0) is 18.0. The van der Waals surface area contributed by atoms with Gasteiger partial charge in [-0.05, 0) is 44.4 Å². The number of rotatable bonds is 6. The van der Waals surface area contributed by atoms with Gasteiger partial charge in [0.25, 0.3) is 0 Å². The topological polar surface area (TPSA) is 96.0 Å². The first-order valence-corrected chi connectivity index (χ1v) is 8.40. The summed E-state index contributed by atoms with van der Waals surface area (Å²) in [5, 5.41) is 5.51. The predicted molar refractivity (Wildman–Crippen MR) is 93.4 cm³/mol. The van der Waals surface area contributed by atoms with Gasteiger partial charge in [-0.1, -0.05) is 12.1 Å². The van der Waals surface area contributed by atoms with Crippen molar-refractivity contribution in [2.45, 2.75) is 32.7 Å². The van der Waals surface area contributed by atoms with Crippen LogP contribution in [0.5, 0.6) is 0 Å². The Kier molecular flexibility index (Phi) is 4.74. The number of aryl methyl sites for hydroxylation is 1. The molecule has 2 aromatic rings. The summed E-state index contributed by atoms with van der Waals surface area (Å²) in [6.45, 7) is 3.73. The van der Waals surface area contributed by atoms with Gasteiger partial charge in [0, 0.05) is 17.8 Å². The normalized spacial score (nSPS) is 14.8. The van der Waals surface area contributed by atoms with Crippen LogP contribution in [0, 0.1) is 12.8 Å². The van der Waals surface area contributed by atoms with Crippen LogP contribution < -0.4 is 16.3 Å². The third kappa shape index (κ3) is 3.99. The highest BCUT2D eigenvalue weighted by Crippen LogP contribution is 2.28. The number of H-pyrrole nitrogens is 1. The van der Waals surface area contributed by atoms with Crippen LogP contribution in [-0.4, -0.2) is 27.9 Å². The van der Waals surface area contributed by atoms with Crippen LogP contribution in [0.4, 0.5) is 0 Å². The zero-order valence-corrected chi connectivity index (χ0v) is 14.3. The maximum Gasteiger partial charge on any atom is 0.330 e. The van der Waals surface area contributed by atoms with Gasteiger partial charge in [0.15, 0.2) is 0 Å². The molecule has 132 valence electrons. The standard InChI is InChI=1S/C18H22N4O3/c1-11-9-20-18(25)22(11)15-7-5-13(6-8-15)12(2)21-16(23)10-19-17(24)14-3-4-14/h5-9,12,14H,3-4,10H2,1-2H3,(H,19,24)(H,20,25)(H,21,23). The molecule has 0 saturated heterocycles. The average Bonchev–Trinajstić information content (AvgIpc) is 3.39. The summed E-state index contributed by atoms with van der Waals surface area (Å²) in [7, 11) is 0. The molecule has 1 saturated carbocycles. The second-order valence-corrected chi connectivity index (χ2v) is 6.44. The molecule has 7 heteroatoms. The first-order chi connectivity index (χ1) is 12.0. The van der Waals surface area contributed by atoms with Crippen LogP contribution in [0.2, 0.25) is 0 Å². The number of imidazole rings is 1. The van der Waals surface area contributed by atoms with E-state index < -0.39 is 0 Å². The van der Waals surface area contributed by atoms with Crippen LogP contribution in [0.15, 0.2) is 35.3 Å². The molecule has 1 aromatic carbocycles. The van der Waals surface area contributed by atoms with Gasteiger partial charge in [0.1, 0.15) is 0 Å². The third-order valence-corrected chi connectivity index (χ3v) is 4.36. The number of aromatic nitrogens is 2. The highest BCUT2D eigenvalue weighted by Gasteiger charge is 2.29. The van der Waals surface area contributed by atoms with E-state index >= 15 is 0 Å². The summed E-state index contributed by atoms with van der Waals surface area (Å²) in [6, 6.07) is 7.25. The Morgan fingerprint density at radius 3 is 2.52 bits per heavy atom. The molecule has 0 radical (unpaired) electrons. The Morgan fingerprint density at radius 1 is 1.28 bits per heavy atom. The van der Waals surface area contributed by atoms with E-state index in [-0.39, 0.29) is 36.0 Å². The minimum absolute atomic E-state index is 0.00427. The number of carbonyl (C=O) groups excluding carboxylic acids is 2. The lowest BCUT2D eigenvalue weighted by atomic mass is 10.1. The largest absolute Gasteiger partial charge is 0.348 e. The van der Waals surface area contributed by atoms with Gasteiger partial charge in [-0.3, -0.25) is 14.2 Å². The van der Waals surface area contributed by atoms with Gasteiger partial charge in [-0.25, -0.2) is 4.79 Å². The van der Waals surface area contributed by atoms with Gasteiger partial charge in [-0.15, -0.1) is 0 Å². The molecular formula is C18H22N4O3. The monoisotopic (exact) mass is 342 g/mol. The lowest BCUT2D eigenvalue weighted by molar-refractivity contribution is -0.127. The summed E-state index contributed by atoms with van der Waals surface area (Å²) >= 11 is 0. The van der Waals surface area contributed by atoms with Crippen molar-refractivity contribution in [2.24, 2.45) is 5.92 Å². The van der Waals surface area contributed by atoms with Crippen molar-refractivity contribution < 1.29 is 9.59 Å². The van der Waals surface area contributed by atoms with Crippen LogP contribution in [0.1, 0.15) is 37.1 Å². The smallest absolute Gasteiger partial charge is 0.330 e. The second kappa shape index (κ2) is 6.96. The van der Waals surface area contributed by atoms with Crippen molar-refractivity contribution in [3.8, 4) is 5.69 Å². The average molecular weight is 342 g/mol. The van der Waals surface area contributed by atoms with E-state index in [0.29, 0.717) is 0 Å². The number of benzene rings is 1. The lowest BCUT2D eigenvalue weighted by Gasteiger charge is -2.15. The molecule has 25 heavy (non-hydrogen) atoms. The van der Waals surface area contributed by atoms with Crippen LogP contribution in [0.25, 0.3) is 5.69 Å². The quantitative estimate of drug-likeness (QED) is 0.735. The van der Waals surface area contributed by atoms with Crippen molar-refractivity contribution in [3.05, 3.63) is 52.2 Å². The Hall–Kier alpha value is -2.83. The van der Waals surface area contributed by atoms with Crippen molar-refractivity contribution in [1.82, 2.24) is 20.2 Å². The summed E-state index contributed by atoms with van der Waals surface area (Å²) in [4.78, 5) is 37.9. The zero-order valence-electron chi connectivity index (χ0n) is 14.3. The maximum absolute atomic E-state index is 11.9. The Bertz CT molecular complexity index is 831. The van der Waals surface area contributed by atoms with Gasteiger partial charge < -0.3 is 15.6 Å². The molecule has 3 N–H and O–H groups in total. The molecule has 0 aliphatic heterocycles. The molecule has 0 spiro atoms. The van der Waals surface area contributed by atoms with E-state index in [1.807, 2.05) is 38.1 Å². The van der Waals surface area contributed by atoms with Gasteiger partial charge in [-0.2, -0.15) is 0 Å². The summed E-state index contributed by atoms with van der Waals surface area (Å²) in [5.41, 5.74) is 2.33. The van der Waals surface area contributed by atoms with E-state index in [1.54, 1.807) is 10.8 Å². The molecule has 1 fully saturated rings. The number of hydrogen-bond acceptors (Lipinski definition) is 3. The molecule has 1 aromatic heterocycles. The van der Waals surface area contributed by atoms with Crippen LogP contribution >= 0.6 is 0 Å². The van der Waals surface area contributed by atoms with E-state index in [9.17, 15) is 14.4 Å². The highest BCUT2D eigenvalue weighted by atomic mass is 16.2. The Labute approximate surface area is 145 Å². The molecule has 7 nitrogen and oxygen atoms in total. The predicted octanol–water partition coefficient (Wildman–Crippen LogP) is 1.18. The van der Waals surface area contributed by atoms with E-state index in [2.05, 4.69) is 15.6 Å². The first kappa shape index (κ1) is 17.0. The van der Waals surface area contributed by atoms with E-state index in [0.717, 1.165) is 29.8 Å². The van der Waals surface area contributed by atoms with Gasteiger partial charge in [0.05, 0.1) is 18.3 Å². The van der Waals surface area contributed by atoms with Crippen molar-refractivity contribution in [3.63, 3.8) is 0 Å². The molecule has 2 amide bonds. The summed E-state index contributed by atoms with van der Waals surface area (Å²) in [6.07, 6.45) is 3.49. The Balaban J connectivity index is 1.58. The minimum Gasteiger partial charge on any atom is -0.348 e. The summed E-state index contributed by atoms with van der Waals surface area (Å²) in [5.74, 6) is -0.166. The molecule has 1 aliphatic carbocycles. The Morgan fingerprint density at radius 2 is 1.96 bits per heavy atom. The maximum atomic E-state index is 11.9. The first-order valence-electron chi connectivity index (χ1n) is 8.40. The van der Waals surface area contributed by atoms with Gasteiger partial charge in [0.2, 0.25) is 11.8 Å². The van der Waals surface area contributed by atoms with Crippen LogP contribution in [-0.2, 0) is 9.59 Å². The molecule has 1 unspecified atom stereocenters. The lowest BCUT2D eigenvalue weighted by Crippen LogP contribution is -2.38. The van der Waals surface area contributed by atoms with Crippen molar-refractivity contribution in [1.29, 1.82) is 0 Å². The fourth-order valence-electron chi connectivity index (χ4n) is 2.72. The molecular weight excluding hydrogens is 320 g/mol. The molecule has 3 rings (SSSR count). The number of hydrogen-bond donors (Lipinski definition) is 3. The minimum atomic E-state index is -0.219. The SMILES string of the molecule is Cc1c[nH]c(=O)n1-c1ccc(C(C)NC(=O)CNC(=O)C2CC2)cc1. The molecule has 1 aliphatic rings.